The van der Waals surface area contributed by atoms with Crippen molar-refractivity contribution in [1.82, 2.24) is 4.90 Å². The summed E-state index contributed by atoms with van der Waals surface area (Å²) in [4.78, 5) is 26.3. The topological polar surface area (TPSA) is 49.4 Å². The standard InChI is InChI=1S/C18H17F3N2O2S/c1-11-4-5-13(9-14(11)18(19,20)21)22-16(24)17(25)23-7-2-3-15(23)12-6-8-26-10-12/h4-6,8-10,15H,2-3,7H2,1H3,(H,22,24). The van der Waals surface area contributed by atoms with E-state index in [0.29, 0.717) is 6.54 Å². The monoisotopic (exact) mass is 382 g/mol. The van der Waals surface area contributed by atoms with Gasteiger partial charge in [0.15, 0.2) is 0 Å². The average molecular weight is 382 g/mol. The second-order valence-electron chi connectivity index (χ2n) is 6.19. The summed E-state index contributed by atoms with van der Waals surface area (Å²) >= 11 is 1.51. The van der Waals surface area contributed by atoms with Gasteiger partial charge in [0.25, 0.3) is 0 Å². The normalized spacial score (nSPS) is 17.4. The highest BCUT2D eigenvalue weighted by Crippen LogP contribution is 2.34. The van der Waals surface area contributed by atoms with E-state index in [-0.39, 0.29) is 17.3 Å². The largest absolute Gasteiger partial charge is 0.416 e. The van der Waals surface area contributed by atoms with Gasteiger partial charge in [0, 0.05) is 12.2 Å². The molecule has 2 heterocycles. The minimum absolute atomic E-state index is 0.0486. The summed E-state index contributed by atoms with van der Waals surface area (Å²) in [5.74, 6) is -1.66. The maximum absolute atomic E-state index is 13.0. The molecule has 3 rings (SSSR count). The van der Waals surface area contributed by atoms with E-state index in [2.05, 4.69) is 5.32 Å². The molecule has 1 aromatic carbocycles. The highest BCUT2D eigenvalue weighted by atomic mass is 32.1. The Balaban J connectivity index is 1.75. The lowest BCUT2D eigenvalue weighted by Crippen LogP contribution is -2.39. The molecule has 2 amide bonds. The Morgan fingerprint density at radius 2 is 2.04 bits per heavy atom. The second kappa shape index (κ2) is 7.11. The third-order valence-electron chi connectivity index (χ3n) is 4.44. The first-order valence-electron chi connectivity index (χ1n) is 8.09. The van der Waals surface area contributed by atoms with Gasteiger partial charge in [0.1, 0.15) is 0 Å². The quantitative estimate of drug-likeness (QED) is 0.784. The molecule has 1 N–H and O–H groups in total. The molecule has 1 unspecified atom stereocenters. The molecule has 1 aromatic heterocycles. The average Bonchev–Trinajstić information content (AvgIpc) is 3.25. The van der Waals surface area contributed by atoms with E-state index in [4.69, 9.17) is 0 Å². The van der Waals surface area contributed by atoms with Crippen LogP contribution in [0.25, 0.3) is 0 Å². The van der Waals surface area contributed by atoms with Crippen LogP contribution in [0.5, 0.6) is 0 Å². The van der Waals surface area contributed by atoms with Crippen molar-refractivity contribution in [2.45, 2.75) is 32.0 Å². The summed E-state index contributed by atoms with van der Waals surface area (Å²) in [7, 11) is 0. The van der Waals surface area contributed by atoms with Crippen LogP contribution in [0.3, 0.4) is 0 Å². The van der Waals surface area contributed by atoms with Gasteiger partial charge >= 0.3 is 18.0 Å². The smallest absolute Gasteiger partial charge is 0.327 e. The zero-order valence-corrected chi connectivity index (χ0v) is 14.8. The van der Waals surface area contributed by atoms with Crippen molar-refractivity contribution in [3.8, 4) is 0 Å². The van der Waals surface area contributed by atoms with Crippen LogP contribution in [-0.4, -0.2) is 23.3 Å². The van der Waals surface area contributed by atoms with Gasteiger partial charge in [0.05, 0.1) is 11.6 Å². The number of halogens is 3. The molecule has 8 heteroatoms. The number of anilines is 1. The van der Waals surface area contributed by atoms with Crippen molar-refractivity contribution >= 4 is 28.8 Å². The number of carbonyl (C=O) groups is 2. The van der Waals surface area contributed by atoms with Gasteiger partial charge < -0.3 is 10.2 Å². The summed E-state index contributed by atoms with van der Waals surface area (Å²) in [6.45, 7) is 1.80. The Hall–Kier alpha value is -2.35. The molecule has 26 heavy (non-hydrogen) atoms. The van der Waals surface area contributed by atoms with Gasteiger partial charge in [-0.3, -0.25) is 9.59 Å². The number of alkyl halides is 3. The number of rotatable bonds is 2. The van der Waals surface area contributed by atoms with E-state index in [1.807, 2.05) is 16.8 Å². The van der Waals surface area contributed by atoms with Crippen LogP contribution in [0.2, 0.25) is 0 Å². The molecule has 0 radical (unpaired) electrons. The summed E-state index contributed by atoms with van der Waals surface area (Å²) < 4.78 is 39.0. The Morgan fingerprint density at radius 1 is 1.27 bits per heavy atom. The summed E-state index contributed by atoms with van der Waals surface area (Å²) in [5, 5.41) is 6.13. The van der Waals surface area contributed by atoms with Gasteiger partial charge in [-0.1, -0.05) is 6.07 Å². The number of hydrogen-bond acceptors (Lipinski definition) is 3. The molecule has 0 aliphatic carbocycles. The Kier molecular flexibility index (Phi) is 5.04. The first-order chi connectivity index (χ1) is 12.3. The van der Waals surface area contributed by atoms with Crippen LogP contribution in [-0.2, 0) is 15.8 Å². The zero-order valence-electron chi connectivity index (χ0n) is 14.0. The lowest BCUT2D eigenvalue weighted by molar-refractivity contribution is -0.143. The number of amides is 2. The van der Waals surface area contributed by atoms with Crippen LogP contribution in [0, 0.1) is 6.92 Å². The number of benzene rings is 1. The number of nitrogens with zero attached hydrogens (tertiary/aromatic N) is 1. The first-order valence-corrected chi connectivity index (χ1v) is 9.03. The summed E-state index contributed by atoms with van der Waals surface area (Å²) in [6.07, 6.45) is -2.98. The van der Waals surface area contributed by atoms with E-state index in [1.165, 1.54) is 35.3 Å². The van der Waals surface area contributed by atoms with Gasteiger partial charge in [0.2, 0.25) is 0 Å². The van der Waals surface area contributed by atoms with E-state index in [0.717, 1.165) is 24.5 Å². The Bertz CT molecular complexity index is 818. The second-order valence-corrected chi connectivity index (χ2v) is 6.97. The molecule has 138 valence electrons. The molecular weight excluding hydrogens is 365 g/mol. The minimum atomic E-state index is -4.52. The van der Waals surface area contributed by atoms with E-state index in [1.54, 1.807) is 0 Å². The summed E-state index contributed by atoms with van der Waals surface area (Å²) in [6, 6.07) is 5.22. The molecular formula is C18H17F3N2O2S. The Labute approximate surface area is 152 Å². The number of thiophene rings is 1. The fraction of sp³-hybridized carbons (Fsp3) is 0.333. The van der Waals surface area contributed by atoms with Crippen molar-refractivity contribution in [3.05, 3.63) is 51.7 Å². The van der Waals surface area contributed by atoms with Crippen molar-refractivity contribution in [2.75, 3.05) is 11.9 Å². The van der Waals surface area contributed by atoms with Gasteiger partial charge in [-0.25, -0.2) is 0 Å². The van der Waals surface area contributed by atoms with Crippen LogP contribution < -0.4 is 5.32 Å². The number of likely N-dealkylation sites (tertiary alicyclic amines) is 1. The van der Waals surface area contributed by atoms with Crippen molar-refractivity contribution < 1.29 is 22.8 Å². The summed E-state index contributed by atoms with van der Waals surface area (Å²) in [5.41, 5.74) is 0.148. The lowest BCUT2D eigenvalue weighted by atomic mass is 10.1. The lowest BCUT2D eigenvalue weighted by Gasteiger charge is -2.23. The fourth-order valence-corrected chi connectivity index (χ4v) is 3.85. The molecule has 1 fully saturated rings. The van der Waals surface area contributed by atoms with Crippen molar-refractivity contribution in [3.63, 3.8) is 0 Å². The molecule has 4 nitrogen and oxygen atoms in total. The molecule has 1 saturated heterocycles. The number of hydrogen-bond donors (Lipinski definition) is 1. The zero-order chi connectivity index (χ0) is 18.9. The first kappa shape index (κ1) is 18.4. The molecule has 1 aliphatic rings. The van der Waals surface area contributed by atoms with Crippen molar-refractivity contribution in [1.29, 1.82) is 0 Å². The van der Waals surface area contributed by atoms with E-state index in [9.17, 15) is 22.8 Å². The molecule has 0 saturated carbocycles. The molecule has 1 atom stereocenters. The van der Waals surface area contributed by atoms with Crippen LogP contribution in [0.4, 0.5) is 18.9 Å². The highest BCUT2D eigenvalue weighted by Gasteiger charge is 2.35. The molecule has 2 aromatic rings. The van der Waals surface area contributed by atoms with E-state index < -0.39 is 23.6 Å². The van der Waals surface area contributed by atoms with Crippen LogP contribution in [0.1, 0.15) is 35.6 Å². The number of nitrogens with one attached hydrogen (secondary N) is 1. The predicted molar refractivity (Wildman–Crippen MR) is 92.8 cm³/mol. The molecule has 0 spiro atoms. The third kappa shape index (κ3) is 3.75. The van der Waals surface area contributed by atoms with Gasteiger partial charge in [-0.2, -0.15) is 24.5 Å². The van der Waals surface area contributed by atoms with Gasteiger partial charge in [-0.05, 0) is 59.9 Å². The predicted octanol–water partition coefficient (Wildman–Crippen LogP) is 4.38. The van der Waals surface area contributed by atoms with E-state index >= 15 is 0 Å². The fourth-order valence-electron chi connectivity index (χ4n) is 3.14. The van der Waals surface area contributed by atoms with Gasteiger partial charge in [-0.15, -0.1) is 0 Å². The maximum atomic E-state index is 13.0. The van der Waals surface area contributed by atoms with Crippen LogP contribution >= 0.6 is 11.3 Å². The number of aryl methyl sites for hydroxylation is 1. The molecule has 1 aliphatic heterocycles. The van der Waals surface area contributed by atoms with Crippen LogP contribution in [0.15, 0.2) is 35.0 Å². The SMILES string of the molecule is Cc1ccc(NC(=O)C(=O)N2CCCC2c2ccsc2)cc1C(F)(F)F. The number of carbonyl (C=O) groups excluding carboxylic acids is 2. The molecule has 0 bridgehead atoms. The maximum Gasteiger partial charge on any atom is 0.416 e. The minimum Gasteiger partial charge on any atom is -0.327 e. The highest BCUT2D eigenvalue weighted by molar-refractivity contribution is 7.08. The third-order valence-corrected chi connectivity index (χ3v) is 5.14. The van der Waals surface area contributed by atoms with Crippen molar-refractivity contribution in [2.24, 2.45) is 0 Å². The Morgan fingerprint density at radius 3 is 2.69 bits per heavy atom.